The van der Waals surface area contributed by atoms with Crippen LogP contribution in [0.4, 0.5) is 5.69 Å². The van der Waals surface area contributed by atoms with Gasteiger partial charge in [-0.25, -0.2) is 14.9 Å². The smallest absolute Gasteiger partial charge is 0.355 e. The van der Waals surface area contributed by atoms with Crippen LogP contribution in [0.25, 0.3) is 5.69 Å². The number of rotatable bonds is 5. The van der Waals surface area contributed by atoms with Crippen LogP contribution in [0.2, 0.25) is 0 Å². The molecule has 0 radical (unpaired) electrons. The summed E-state index contributed by atoms with van der Waals surface area (Å²) in [6, 6.07) is 9.54. The Bertz CT molecular complexity index is 917. The fourth-order valence-electron chi connectivity index (χ4n) is 2.66. The fourth-order valence-corrected chi connectivity index (χ4v) is 2.66. The van der Waals surface area contributed by atoms with Gasteiger partial charge in [0.2, 0.25) is 5.91 Å². The molecule has 1 aliphatic rings. The number of carbonyl (C=O) groups is 3. The van der Waals surface area contributed by atoms with Crippen LogP contribution in [0.5, 0.6) is 0 Å². The first-order valence-electron chi connectivity index (χ1n) is 8.39. The van der Waals surface area contributed by atoms with Crippen LogP contribution >= 0.6 is 0 Å². The van der Waals surface area contributed by atoms with Crippen LogP contribution in [-0.2, 0) is 19.1 Å². The highest BCUT2D eigenvalue weighted by Crippen LogP contribution is 2.22. The van der Waals surface area contributed by atoms with Gasteiger partial charge in [-0.1, -0.05) is 18.2 Å². The van der Waals surface area contributed by atoms with Gasteiger partial charge in [-0.2, -0.15) is 10.2 Å². The molecule has 2 heterocycles. The van der Waals surface area contributed by atoms with E-state index in [0.29, 0.717) is 11.4 Å². The summed E-state index contributed by atoms with van der Waals surface area (Å²) in [6.45, 7) is 3.17. The lowest BCUT2D eigenvalue weighted by atomic mass is 10.2. The monoisotopic (exact) mass is 369 g/mol. The first kappa shape index (κ1) is 18.3. The maximum Gasteiger partial charge on any atom is 0.355 e. The summed E-state index contributed by atoms with van der Waals surface area (Å²) in [5.74, 6) is -1.47. The summed E-state index contributed by atoms with van der Waals surface area (Å²) in [6.07, 6.45) is 0.353. The quantitative estimate of drug-likeness (QED) is 0.770. The number of hydrogen-bond donors (Lipinski definition) is 2. The Kier molecular flexibility index (Phi) is 5.30. The number of nitrogens with zero attached hydrogens (tertiary/aromatic N) is 3. The molecule has 0 atom stereocenters. The molecule has 0 saturated heterocycles. The van der Waals surface area contributed by atoms with Crippen molar-refractivity contribution in [2.45, 2.75) is 26.7 Å². The molecule has 9 nitrogen and oxygen atoms in total. The number of hydrogen-bond acceptors (Lipinski definition) is 6. The van der Waals surface area contributed by atoms with Gasteiger partial charge in [0.25, 0.3) is 5.91 Å². The Morgan fingerprint density at radius 3 is 2.63 bits per heavy atom. The number of hydrazone groups is 1. The van der Waals surface area contributed by atoms with Crippen molar-refractivity contribution in [2.24, 2.45) is 5.10 Å². The summed E-state index contributed by atoms with van der Waals surface area (Å²) in [7, 11) is 0. The van der Waals surface area contributed by atoms with Crippen molar-refractivity contribution < 1.29 is 19.1 Å². The first-order chi connectivity index (χ1) is 13.0. The second-order valence-electron chi connectivity index (χ2n) is 6.01. The second-order valence-corrected chi connectivity index (χ2v) is 6.01. The summed E-state index contributed by atoms with van der Waals surface area (Å²) in [5, 5.41) is 10.8. The molecule has 9 heteroatoms. The van der Waals surface area contributed by atoms with Gasteiger partial charge < -0.3 is 10.1 Å². The molecule has 0 fully saturated rings. The molecule has 2 N–H and O–H groups in total. The number of esters is 1. The van der Waals surface area contributed by atoms with E-state index >= 15 is 0 Å². The van der Waals surface area contributed by atoms with Gasteiger partial charge in [-0.05, 0) is 26.0 Å². The third-order valence-electron chi connectivity index (χ3n) is 4.03. The standard InChI is InChI=1S/C18H19N5O4/c1-11-17(12(2)23(22-11)13-6-4-3-5-7-13)19-16(25)10-27-18(26)14-8-9-15(24)21-20-14/h3-7H,8-10H2,1-2H3,(H,19,25)(H,21,24). The Labute approximate surface area is 155 Å². The average Bonchev–Trinajstić information content (AvgIpc) is 2.95. The Hall–Kier alpha value is -3.49. The van der Waals surface area contributed by atoms with Crippen molar-refractivity contribution in [3.63, 3.8) is 0 Å². The minimum absolute atomic E-state index is 0.0895. The van der Waals surface area contributed by atoms with Crippen molar-refractivity contribution in [3.8, 4) is 5.69 Å². The van der Waals surface area contributed by atoms with E-state index in [1.54, 1.807) is 11.6 Å². The molecule has 0 unspecified atom stereocenters. The van der Waals surface area contributed by atoms with Crippen molar-refractivity contribution in [3.05, 3.63) is 41.7 Å². The van der Waals surface area contributed by atoms with Crippen LogP contribution in [0.15, 0.2) is 35.4 Å². The van der Waals surface area contributed by atoms with Crippen LogP contribution in [0, 0.1) is 13.8 Å². The molecule has 0 spiro atoms. The lowest BCUT2D eigenvalue weighted by molar-refractivity contribution is -0.140. The molecular weight excluding hydrogens is 350 g/mol. The SMILES string of the molecule is Cc1nn(-c2ccccc2)c(C)c1NC(=O)COC(=O)C1=NNC(=O)CC1. The van der Waals surface area contributed by atoms with E-state index < -0.39 is 18.5 Å². The van der Waals surface area contributed by atoms with Crippen molar-refractivity contribution in [1.82, 2.24) is 15.2 Å². The van der Waals surface area contributed by atoms with E-state index in [2.05, 4.69) is 20.9 Å². The van der Waals surface area contributed by atoms with Gasteiger partial charge in [0.05, 0.1) is 22.8 Å². The van der Waals surface area contributed by atoms with Crippen molar-refractivity contribution in [2.75, 3.05) is 11.9 Å². The molecule has 27 heavy (non-hydrogen) atoms. The van der Waals surface area contributed by atoms with Crippen LogP contribution in [-0.4, -0.2) is 39.9 Å². The number of amides is 2. The zero-order chi connectivity index (χ0) is 19.4. The number of aryl methyl sites for hydroxylation is 1. The van der Waals surface area contributed by atoms with Crippen LogP contribution < -0.4 is 10.7 Å². The number of anilines is 1. The minimum atomic E-state index is -0.724. The second kappa shape index (κ2) is 7.81. The molecule has 0 bridgehead atoms. The number of para-hydroxylation sites is 1. The highest BCUT2D eigenvalue weighted by atomic mass is 16.5. The molecule has 0 saturated carbocycles. The maximum absolute atomic E-state index is 12.2. The molecule has 140 valence electrons. The molecule has 0 aliphatic carbocycles. The van der Waals surface area contributed by atoms with Gasteiger partial charge in [-0.3, -0.25) is 9.59 Å². The van der Waals surface area contributed by atoms with Gasteiger partial charge in [0, 0.05) is 12.8 Å². The number of aromatic nitrogens is 2. The van der Waals surface area contributed by atoms with Gasteiger partial charge >= 0.3 is 5.97 Å². The summed E-state index contributed by atoms with van der Waals surface area (Å²) < 4.78 is 6.69. The normalized spacial score (nSPS) is 13.6. The fraction of sp³-hybridized carbons (Fsp3) is 0.278. The molecule has 1 aromatic heterocycles. The zero-order valence-corrected chi connectivity index (χ0v) is 15.0. The summed E-state index contributed by atoms with van der Waals surface area (Å²) in [5.41, 5.74) is 5.16. The average molecular weight is 369 g/mol. The summed E-state index contributed by atoms with van der Waals surface area (Å²) in [4.78, 5) is 35.1. The van der Waals surface area contributed by atoms with Gasteiger partial charge in [0.15, 0.2) is 6.61 Å². The molecule has 2 aromatic rings. The van der Waals surface area contributed by atoms with E-state index in [-0.39, 0.29) is 24.5 Å². The minimum Gasteiger partial charge on any atom is -0.451 e. The number of ether oxygens (including phenoxy) is 1. The molecule has 3 rings (SSSR count). The third kappa shape index (κ3) is 4.20. The molecule has 2 amide bonds. The van der Waals surface area contributed by atoms with Gasteiger partial charge in [-0.15, -0.1) is 0 Å². The first-order valence-corrected chi connectivity index (χ1v) is 8.39. The highest BCUT2D eigenvalue weighted by Gasteiger charge is 2.21. The number of nitrogens with one attached hydrogen (secondary N) is 2. The van der Waals surface area contributed by atoms with Crippen molar-refractivity contribution >= 4 is 29.2 Å². The zero-order valence-electron chi connectivity index (χ0n) is 15.0. The highest BCUT2D eigenvalue weighted by molar-refractivity contribution is 6.37. The number of carbonyl (C=O) groups excluding carboxylic acids is 3. The predicted octanol–water partition coefficient (Wildman–Crippen LogP) is 1.24. The Balaban J connectivity index is 1.62. The Morgan fingerprint density at radius 2 is 1.96 bits per heavy atom. The lowest BCUT2D eigenvalue weighted by Gasteiger charge is -2.11. The maximum atomic E-state index is 12.2. The van der Waals surface area contributed by atoms with E-state index in [9.17, 15) is 14.4 Å². The Morgan fingerprint density at radius 1 is 1.22 bits per heavy atom. The largest absolute Gasteiger partial charge is 0.451 e. The third-order valence-corrected chi connectivity index (χ3v) is 4.03. The predicted molar refractivity (Wildman–Crippen MR) is 97.4 cm³/mol. The molecular formula is C18H19N5O4. The molecule has 1 aliphatic heterocycles. The lowest BCUT2D eigenvalue weighted by Crippen LogP contribution is -2.32. The van der Waals surface area contributed by atoms with Crippen LogP contribution in [0.3, 0.4) is 0 Å². The van der Waals surface area contributed by atoms with Crippen molar-refractivity contribution in [1.29, 1.82) is 0 Å². The van der Waals surface area contributed by atoms with Crippen LogP contribution in [0.1, 0.15) is 24.2 Å². The van der Waals surface area contributed by atoms with E-state index in [4.69, 9.17) is 4.74 Å². The van der Waals surface area contributed by atoms with Gasteiger partial charge in [0.1, 0.15) is 5.71 Å². The van der Waals surface area contributed by atoms with E-state index in [1.165, 1.54) is 0 Å². The summed E-state index contributed by atoms with van der Waals surface area (Å²) >= 11 is 0. The van der Waals surface area contributed by atoms with E-state index in [1.807, 2.05) is 37.3 Å². The van der Waals surface area contributed by atoms with E-state index in [0.717, 1.165) is 11.4 Å². The molecule has 1 aromatic carbocycles. The number of benzene rings is 1. The topological polar surface area (TPSA) is 115 Å².